The zero-order valence-electron chi connectivity index (χ0n) is 15.6. The SMILES string of the molecule is COc1ccc(OC)c(CNS(=O)(=O)c2cc3c(cc2OC)NC(=O)CO3)c1. The van der Waals surface area contributed by atoms with E-state index in [0.29, 0.717) is 22.7 Å². The van der Waals surface area contributed by atoms with Crippen LogP contribution in [0.3, 0.4) is 0 Å². The Hall–Kier alpha value is -2.98. The summed E-state index contributed by atoms with van der Waals surface area (Å²) in [6, 6.07) is 7.82. The molecule has 0 spiro atoms. The number of amides is 1. The summed E-state index contributed by atoms with van der Waals surface area (Å²) >= 11 is 0. The zero-order valence-corrected chi connectivity index (χ0v) is 16.4. The molecule has 0 bridgehead atoms. The third-order valence-corrected chi connectivity index (χ3v) is 5.55. The van der Waals surface area contributed by atoms with Crippen molar-refractivity contribution in [2.45, 2.75) is 11.4 Å². The van der Waals surface area contributed by atoms with Gasteiger partial charge in [-0.1, -0.05) is 0 Å². The molecular weight excluding hydrogens is 388 g/mol. The van der Waals surface area contributed by atoms with E-state index in [0.717, 1.165) is 0 Å². The highest BCUT2D eigenvalue weighted by Crippen LogP contribution is 2.37. The molecule has 0 fully saturated rings. The van der Waals surface area contributed by atoms with Crippen molar-refractivity contribution in [3.8, 4) is 23.0 Å². The molecule has 3 rings (SSSR count). The molecule has 150 valence electrons. The third-order valence-electron chi connectivity index (χ3n) is 4.13. The molecule has 10 heteroatoms. The minimum atomic E-state index is -3.96. The Balaban J connectivity index is 1.90. The van der Waals surface area contributed by atoms with Gasteiger partial charge in [-0.3, -0.25) is 4.79 Å². The summed E-state index contributed by atoms with van der Waals surface area (Å²) in [6.45, 7) is -0.214. The number of fused-ring (bicyclic) bond motifs is 1. The number of carbonyl (C=O) groups is 1. The maximum atomic E-state index is 12.9. The van der Waals surface area contributed by atoms with Gasteiger partial charge in [0.25, 0.3) is 5.91 Å². The first-order valence-corrected chi connectivity index (χ1v) is 9.71. The number of sulfonamides is 1. The van der Waals surface area contributed by atoms with E-state index < -0.39 is 10.0 Å². The molecule has 9 nitrogen and oxygen atoms in total. The van der Waals surface area contributed by atoms with Crippen LogP contribution in [0.2, 0.25) is 0 Å². The van der Waals surface area contributed by atoms with Crippen LogP contribution in [0.5, 0.6) is 23.0 Å². The largest absolute Gasteiger partial charge is 0.497 e. The molecule has 0 unspecified atom stereocenters. The van der Waals surface area contributed by atoms with Gasteiger partial charge in [-0.05, 0) is 18.2 Å². The number of rotatable bonds is 7. The first-order valence-electron chi connectivity index (χ1n) is 8.23. The summed E-state index contributed by atoms with van der Waals surface area (Å²) in [5, 5.41) is 2.61. The van der Waals surface area contributed by atoms with E-state index in [4.69, 9.17) is 18.9 Å². The standard InChI is InChI=1S/C18H20N2O7S/c1-24-12-4-5-14(25-2)11(6-12)9-19-28(22,23)17-8-15-13(7-16(17)26-3)20-18(21)10-27-15/h4-8,19H,9-10H2,1-3H3,(H,20,21). The van der Waals surface area contributed by atoms with Crippen LogP contribution in [0, 0.1) is 0 Å². The van der Waals surface area contributed by atoms with Gasteiger partial charge in [-0.2, -0.15) is 0 Å². The highest BCUT2D eigenvalue weighted by Gasteiger charge is 2.26. The van der Waals surface area contributed by atoms with Crippen LogP contribution in [0.4, 0.5) is 5.69 Å². The van der Waals surface area contributed by atoms with Gasteiger partial charge in [0.1, 0.15) is 27.9 Å². The molecule has 1 heterocycles. The predicted molar refractivity (Wildman–Crippen MR) is 101 cm³/mol. The Kier molecular flexibility index (Phi) is 5.61. The summed E-state index contributed by atoms with van der Waals surface area (Å²) in [7, 11) is 0.406. The molecule has 0 saturated carbocycles. The molecule has 1 aliphatic rings. The highest BCUT2D eigenvalue weighted by atomic mass is 32.2. The molecule has 1 amide bonds. The molecule has 0 aromatic heterocycles. The highest BCUT2D eigenvalue weighted by molar-refractivity contribution is 7.89. The van der Waals surface area contributed by atoms with Crippen LogP contribution in [-0.4, -0.2) is 42.3 Å². The Labute approximate surface area is 162 Å². The van der Waals surface area contributed by atoms with Gasteiger partial charge in [0.05, 0.1) is 27.0 Å². The third kappa shape index (κ3) is 3.97. The van der Waals surface area contributed by atoms with Crippen molar-refractivity contribution in [3.05, 3.63) is 35.9 Å². The summed E-state index contributed by atoms with van der Waals surface area (Å²) in [5.41, 5.74) is 0.951. The van der Waals surface area contributed by atoms with Gasteiger partial charge in [-0.15, -0.1) is 0 Å². The fraction of sp³-hybridized carbons (Fsp3) is 0.278. The molecule has 0 aliphatic carbocycles. The topological polar surface area (TPSA) is 112 Å². The smallest absolute Gasteiger partial charge is 0.262 e. The molecule has 2 aromatic carbocycles. The Morgan fingerprint density at radius 2 is 1.82 bits per heavy atom. The van der Waals surface area contributed by atoms with Gasteiger partial charge >= 0.3 is 0 Å². The minimum Gasteiger partial charge on any atom is -0.497 e. The van der Waals surface area contributed by atoms with Crippen LogP contribution >= 0.6 is 0 Å². The fourth-order valence-corrected chi connectivity index (χ4v) is 3.90. The lowest BCUT2D eigenvalue weighted by molar-refractivity contribution is -0.118. The lowest BCUT2D eigenvalue weighted by Gasteiger charge is -2.20. The van der Waals surface area contributed by atoms with Crippen molar-refractivity contribution in [2.24, 2.45) is 0 Å². The monoisotopic (exact) mass is 408 g/mol. The first kappa shape index (κ1) is 19.8. The van der Waals surface area contributed by atoms with Crippen molar-refractivity contribution >= 4 is 21.6 Å². The lowest BCUT2D eigenvalue weighted by atomic mass is 10.2. The number of carbonyl (C=O) groups excluding carboxylic acids is 1. The fourth-order valence-electron chi connectivity index (χ4n) is 2.73. The van der Waals surface area contributed by atoms with E-state index in [9.17, 15) is 13.2 Å². The minimum absolute atomic E-state index is 0.0272. The molecule has 1 aliphatic heterocycles. The summed E-state index contributed by atoms with van der Waals surface area (Å²) in [6.07, 6.45) is 0. The Morgan fingerprint density at radius 1 is 1.07 bits per heavy atom. The van der Waals surface area contributed by atoms with Crippen molar-refractivity contribution in [1.82, 2.24) is 4.72 Å². The van der Waals surface area contributed by atoms with E-state index in [1.807, 2.05) is 0 Å². The van der Waals surface area contributed by atoms with E-state index in [-0.39, 0.29) is 35.5 Å². The normalized spacial score (nSPS) is 13.2. The molecular formula is C18H20N2O7S. The number of benzene rings is 2. The van der Waals surface area contributed by atoms with E-state index in [1.165, 1.54) is 33.5 Å². The average Bonchev–Trinajstić information content (AvgIpc) is 2.70. The quantitative estimate of drug-likeness (QED) is 0.714. The second-order valence-electron chi connectivity index (χ2n) is 5.84. The summed E-state index contributed by atoms with van der Waals surface area (Å²) in [4.78, 5) is 11.3. The molecule has 28 heavy (non-hydrogen) atoms. The van der Waals surface area contributed by atoms with Gasteiger partial charge in [-0.25, -0.2) is 13.1 Å². The molecule has 2 aromatic rings. The van der Waals surface area contributed by atoms with Gasteiger partial charge in [0.15, 0.2) is 6.61 Å². The predicted octanol–water partition coefficient (Wildman–Crippen LogP) is 1.52. The van der Waals surface area contributed by atoms with Gasteiger partial charge in [0, 0.05) is 24.2 Å². The maximum absolute atomic E-state index is 12.9. The summed E-state index contributed by atoms with van der Waals surface area (Å²) < 4.78 is 49.2. The molecule has 0 radical (unpaired) electrons. The first-order chi connectivity index (χ1) is 13.4. The Morgan fingerprint density at radius 3 is 2.50 bits per heavy atom. The van der Waals surface area contributed by atoms with Crippen LogP contribution in [0.1, 0.15) is 5.56 Å². The van der Waals surface area contributed by atoms with E-state index >= 15 is 0 Å². The van der Waals surface area contributed by atoms with E-state index in [2.05, 4.69) is 10.0 Å². The number of anilines is 1. The lowest BCUT2D eigenvalue weighted by Crippen LogP contribution is -2.27. The van der Waals surface area contributed by atoms with Crippen LogP contribution < -0.4 is 29.0 Å². The number of methoxy groups -OCH3 is 3. The Bertz CT molecular complexity index is 1010. The second-order valence-corrected chi connectivity index (χ2v) is 7.57. The average molecular weight is 408 g/mol. The van der Waals surface area contributed by atoms with Crippen LogP contribution in [0.15, 0.2) is 35.2 Å². The van der Waals surface area contributed by atoms with Crippen LogP contribution in [-0.2, 0) is 21.4 Å². The van der Waals surface area contributed by atoms with Crippen LogP contribution in [0.25, 0.3) is 0 Å². The molecule has 0 atom stereocenters. The molecule has 0 saturated heterocycles. The number of ether oxygens (including phenoxy) is 4. The summed E-state index contributed by atoms with van der Waals surface area (Å²) in [5.74, 6) is 1.10. The number of hydrogen-bond donors (Lipinski definition) is 2. The zero-order chi connectivity index (χ0) is 20.3. The maximum Gasteiger partial charge on any atom is 0.262 e. The second kappa shape index (κ2) is 7.95. The van der Waals surface area contributed by atoms with Crippen molar-refractivity contribution in [3.63, 3.8) is 0 Å². The molecule has 2 N–H and O–H groups in total. The number of hydrogen-bond acceptors (Lipinski definition) is 7. The van der Waals surface area contributed by atoms with Crippen molar-refractivity contribution in [2.75, 3.05) is 33.3 Å². The van der Waals surface area contributed by atoms with E-state index in [1.54, 1.807) is 18.2 Å². The van der Waals surface area contributed by atoms with Gasteiger partial charge in [0.2, 0.25) is 10.0 Å². The van der Waals surface area contributed by atoms with Crippen molar-refractivity contribution in [1.29, 1.82) is 0 Å². The van der Waals surface area contributed by atoms with Crippen molar-refractivity contribution < 1.29 is 32.2 Å². The number of nitrogens with one attached hydrogen (secondary N) is 2. The van der Waals surface area contributed by atoms with Gasteiger partial charge < -0.3 is 24.3 Å².